The third-order valence-corrected chi connectivity index (χ3v) is 5.45. The van der Waals surface area contributed by atoms with E-state index in [0.29, 0.717) is 19.3 Å². The van der Waals surface area contributed by atoms with Crippen molar-refractivity contribution >= 4 is 17.9 Å². The molecular weight excluding hydrogens is 428 g/mol. The van der Waals surface area contributed by atoms with Crippen LogP contribution < -0.4 is 0 Å². The van der Waals surface area contributed by atoms with E-state index in [1.807, 2.05) is 0 Å². The second-order valence-corrected chi connectivity index (χ2v) is 8.69. The summed E-state index contributed by atoms with van der Waals surface area (Å²) in [5.74, 6) is -1.46. The molecule has 0 aromatic carbocycles. The topological polar surface area (TPSA) is 119 Å². The summed E-state index contributed by atoms with van der Waals surface area (Å²) in [6.07, 6.45) is 11.5. The molecule has 0 rings (SSSR count). The first-order valence-electron chi connectivity index (χ1n) is 12.6. The Labute approximate surface area is 199 Å². The molecular formula is C25H46O8. The maximum atomic E-state index is 12.0. The van der Waals surface area contributed by atoms with Crippen LogP contribution in [-0.2, 0) is 28.6 Å². The third kappa shape index (κ3) is 19.5. The molecule has 0 saturated heterocycles. The number of ether oxygens (including phenoxy) is 3. The van der Waals surface area contributed by atoms with Crippen molar-refractivity contribution in [2.24, 2.45) is 0 Å². The lowest BCUT2D eigenvalue weighted by molar-refractivity contribution is -0.160. The van der Waals surface area contributed by atoms with E-state index in [9.17, 15) is 14.4 Å². The van der Waals surface area contributed by atoms with Crippen LogP contribution in [0.1, 0.15) is 111 Å². The predicted octanol–water partition coefficient (Wildman–Crippen LogP) is 4.23. The Morgan fingerprint density at radius 1 is 0.606 bits per heavy atom. The van der Waals surface area contributed by atoms with E-state index in [-0.39, 0.29) is 18.5 Å². The van der Waals surface area contributed by atoms with Gasteiger partial charge in [-0.05, 0) is 32.1 Å². The largest absolute Gasteiger partial charge is 0.463 e. The zero-order valence-electron chi connectivity index (χ0n) is 20.9. The van der Waals surface area contributed by atoms with Crippen molar-refractivity contribution in [2.45, 2.75) is 129 Å². The molecule has 8 nitrogen and oxygen atoms in total. The fourth-order valence-electron chi connectivity index (χ4n) is 3.74. The predicted molar refractivity (Wildman–Crippen MR) is 125 cm³/mol. The summed E-state index contributed by atoms with van der Waals surface area (Å²) in [5, 5.41) is 18.1. The molecule has 0 aliphatic carbocycles. The number of unbranched alkanes of at least 4 members (excludes halogenated alkanes) is 8. The number of rotatable bonds is 21. The van der Waals surface area contributed by atoms with Gasteiger partial charge in [-0.2, -0.15) is 0 Å². The maximum absolute atomic E-state index is 12.0. The molecule has 0 aromatic heterocycles. The van der Waals surface area contributed by atoms with E-state index in [1.165, 1.54) is 58.8 Å². The monoisotopic (exact) mass is 474 g/mol. The molecule has 0 aromatic rings. The molecule has 0 saturated carbocycles. The number of carbonyl (C=O) groups excluding carboxylic acids is 3. The van der Waals surface area contributed by atoms with Gasteiger partial charge in [0.05, 0.1) is 19.6 Å². The maximum Gasteiger partial charge on any atom is 0.309 e. The van der Waals surface area contributed by atoms with Gasteiger partial charge in [0, 0.05) is 13.8 Å². The number of esters is 3. The van der Waals surface area contributed by atoms with E-state index >= 15 is 0 Å². The van der Waals surface area contributed by atoms with Crippen LogP contribution in [0.2, 0.25) is 0 Å². The SMILES string of the molecule is CCCCCCCCCCC[C@H](CCC[C@H](CC(=O)OC(CO)CO)OC(C)=O)OC(C)=O. The van der Waals surface area contributed by atoms with Gasteiger partial charge in [0.15, 0.2) is 0 Å². The van der Waals surface area contributed by atoms with Crippen molar-refractivity contribution in [2.75, 3.05) is 13.2 Å². The first-order valence-corrected chi connectivity index (χ1v) is 12.6. The van der Waals surface area contributed by atoms with Crippen molar-refractivity contribution < 1.29 is 38.8 Å². The molecule has 0 unspecified atom stereocenters. The van der Waals surface area contributed by atoms with Gasteiger partial charge in [0.2, 0.25) is 0 Å². The summed E-state index contributed by atoms with van der Waals surface area (Å²) in [6.45, 7) is 3.93. The number of carbonyl (C=O) groups is 3. The zero-order valence-corrected chi connectivity index (χ0v) is 20.9. The van der Waals surface area contributed by atoms with Gasteiger partial charge in [-0.1, -0.05) is 58.3 Å². The smallest absolute Gasteiger partial charge is 0.309 e. The Hall–Kier alpha value is -1.67. The minimum Gasteiger partial charge on any atom is -0.463 e. The Morgan fingerprint density at radius 3 is 1.58 bits per heavy atom. The Bertz CT molecular complexity index is 519. The normalized spacial score (nSPS) is 12.9. The molecule has 2 N–H and O–H groups in total. The van der Waals surface area contributed by atoms with Gasteiger partial charge in [-0.3, -0.25) is 14.4 Å². The van der Waals surface area contributed by atoms with Crippen molar-refractivity contribution in [1.29, 1.82) is 0 Å². The van der Waals surface area contributed by atoms with Gasteiger partial charge in [0.25, 0.3) is 0 Å². The fourth-order valence-corrected chi connectivity index (χ4v) is 3.74. The van der Waals surface area contributed by atoms with Gasteiger partial charge < -0.3 is 24.4 Å². The molecule has 0 aliphatic heterocycles. The lowest BCUT2D eigenvalue weighted by Gasteiger charge is -2.20. The standard InChI is InChI=1S/C25H46O8/c1-4-5-6-7-8-9-10-11-12-14-22(31-20(2)28)15-13-16-23(32-21(3)29)17-25(30)33-24(18-26)19-27/h22-24,26-27H,4-19H2,1-3H3/t22-,23-/m1/s1. The summed E-state index contributed by atoms with van der Waals surface area (Å²) in [5.41, 5.74) is 0. The van der Waals surface area contributed by atoms with E-state index in [4.69, 9.17) is 24.4 Å². The summed E-state index contributed by atoms with van der Waals surface area (Å²) >= 11 is 0. The molecule has 0 aliphatic rings. The van der Waals surface area contributed by atoms with Crippen LogP contribution in [0.25, 0.3) is 0 Å². The van der Waals surface area contributed by atoms with Crippen LogP contribution >= 0.6 is 0 Å². The van der Waals surface area contributed by atoms with Gasteiger partial charge >= 0.3 is 17.9 Å². The van der Waals surface area contributed by atoms with Crippen molar-refractivity contribution in [1.82, 2.24) is 0 Å². The Balaban J connectivity index is 4.36. The molecule has 0 heterocycles. The summed E-state index contributed by atoms with van der Waals surface area (Å²) in [4.78, 5) is 34.9. The minimum atomic E-state index is -0.986. The van der Waals surface area contributed by atoms with Gasteiger partial charge in [-0.25, -0.2) is 0 Å². The van der Waals surface area contributed by atoms with Crippen LogP contribution in [0.3, 0.4) is 0 Å². The molecule has 0 spiro atoms. The number of aliphatic hydroxyl groups is 2. The van der Waals surface area contributed by atoms with Gasteiger partial charge in [0.1, 0.15) is 18.3 Å². The molecule has 8 heteroatoms. The molecule has 194 valence electrons. The molecule has 0 bridgehead atoms. The third-order valence-electron chi connectivity index (χ3n) is 5.45. The lowest BCUT2D eigenvalue weighted by Crippen LogP contribution is -2.29. The first-order chi connectivity index (χ1) is 15.8. The van der Waals surface area contributed by atoms with Crippen LogP contribution in [0.5, 0.6) is 0 Å². The molecule has 0 amide bonds. The minimum absolute atomic E-state index is 0.160. The molecule has 33 heavy (non-hydrogen) atoms. The Morgan fingerprint density at radius 2 is 1.06 bits per heavy atom. The fraction of sp³-hybridized carbons (Fsp3) is 0.880. The van der Waals surface area contributed by atoms with Gasteiger partial charge in [-0.15, -0.1) is 0 Å². The van der Waals surface area contributed by atoms with Crippen molar-refractivity contribution in [3.63, 3.8) is 0 Å². The van der Waals surface area contributed by atoms with E-state index < -0.39 is 37.4 Å². The van der Waals surface area contributed by atoms with E-state index in [1.54, 1.807) is 0 Å². The summed E-state index contributed by atoms with van der Waals surface area (Å²) in [7, 11) is 0. The van der Waals surface area contributed by atoms with Crippen LogP contribution in [-0.4, -0.2) is 59.6 Å². The molecule has 2 atom stereocenters. The second kappa shape index (κ2) is 20.9. The van der Waals surface area contributed by atoms with Crippen LogP contribution in [0.15, 0.2) is 0 Å². The highest BCUT2D eigenvalue weighted by molar-refractivity contribution is 5.71. The quantitative estimate of drug-likeness (QED) is 0.144. The highest BCUT2D eigenvalue weighted by Gasteiger charge is 2.21. The highest BCUT2D eigenvalue weighted by Crippen LogP contribution is 2.18. The van der Waals surface area contributed by atoms with Crippen LogP contribution in [0.4, 0.5) is 0 Å². The number of aliphatic hydroxyl groups excluding tert-OH is 2. The summed E-state index contributed by atoms with van der Waals surface area (Å²) < 4.78 is 15.6. The van der Waals surface area contributed by atoms with Crippen molar-refractivity contribution in [3.05, 3.63) is 0 Å². The molecule has 0 radical (unpaired) electrons. The first kappa shape index (κ1) is 31.3. The van der Waals surface area contributed by atoms with Crippen molar-refractivity contribution in [3.8, 4) is 0 Å². The lowest BCUT2D eigenvalue weighted by atomic mass is 10.0. The highest BCUT2D eigenvalue weighted by atomic mass is 16.6. The number of hydrogen-bond donors (Lipinski definition) is 2. The number of hydrogen-bond acceptors (Lipinski definition) is 8. The zero-order chi connectivity index (χ0) is 24.9. The second-order valence-electron chi connectivity index (χ2n) is 8.69. The average Bonchev–Trinajstić information content (AvgIpc) is 2.75. The Kier molecular flexibility index (Phi) is 19.8. The van der Waals surface area contributed by atoms with E-state index in [0.717, 1.165) is 19.3 Å². The molecule has 0 fully saturated rings. The van der Waals surface area contributed by atoms with Crippen LogP contribution in [0, 0.1) is 0 Å². The average molecular weight is 475 g/mol. The van der Waals surface area contributed by atoms with E-state index in [2.05, 4.69) is 6.92 Å². The summed E-state index contributed by atoms with van der Waals surface area (Å²) in [6, 6.07) is 0.